The Morgan fingerprint density at radius 1 is 1.19 bits per heavy atom. The third kappa shape index (κ3) is 4.18. The van der Waals surface area contributed by atoms with Crippen molar-refractivity contribution in [2.24, 2.45) is 0 Å². The highest BCUT2D eigenvalue weighted by Crippen LogP contribution is 2.10. The molecule has 0 aliphatic heterocycles. The van der Waals surface area contributed by atoms with Gasteiger partial charge in [0, 0.05) is 37.6 Å². The third-order valence-corrected chi connectivity index (χ3v) is 3.46. The molecule has 2 N–H and O–H groups in total. The van der Waals surface area contributed by atoms with Crippen molar-refractivity contribution >= 4 is 11.7 Å². The van der Waals surface area contributed by atoms with Gasteiger partial charge in [0.25, 0.3) is 5.91 Å². The molecule has 3 aromatic rings. The van der Waals surface area contributed by atoms with Gasteiger partial charge in [-0.1, -0.05) is 0 Å². The maximum Gasteiger partial charge on any atom is 0.254 e. The summed E-state index contributed by atoms with van der Waals surface area (Å²) in [5.74, 6) is -0.482. The van der Waals surface area contributed by atoms with Crippen molar-refractivity contribution in [1.29, 1.82) is 0 Å². The van der Waals surface area contributed by atoms with E-state index in [0.29, 0.717) is 30.1 Å². The predicted molar refractivity (Wildman–Crippen MR) is 91.1 cm³/mol. The molecular weight excluding hydrogens is 342 g/mol. The fraction of sp³-hybridized carbons (Fsp3) is 0.176. The molecule has 0 saturated carbocycles. The van der Waals surface area contributed by atoms with Crippen LogP contribution in [-0.4, -0.2) is 38.7 Å². The highest BCUT2D eigenvalue weighted by Gasteiger charge is 2.11. The largest absolute Gasteiger partial charge is 0.368 e. The van der Waals surface area contributed by atoms with Gasteiger partial charge in [-0.15, -0.1) is 0 Å². The maximum atomic E-state index is 13.6. The van der Waals surface area contributed by atoms with E-state index in [1.165, 1.54) is 0 Å². The Morgan fingerprint density at radius 3 is 2.77 bits per heavy atom. The first-order valence-corrected chi connectivity index (χ1v) is 7.86. The van der Waals surface area contributed by atoms with Crippen molar-refractivity contribution in [2.45, 2.75) is 6.92 Å². The minimum absolute atomic E-state index is 0.203. The van der Waals surface area contributed by atoms with Gasteiger partial charge >= 0.3 is 0 Å². The normalized spacial score (nSPS) is 10.6. The summed E-state index contributed by atoms with van der Waals surface area (Å²) in [6, 6.07) is 6.33. The van der Waals surface area contributed by atoms with Crippen LogP contribution in [0, 0.1) is 18.6 Å². The second-order valence-corrected chi connectivity index (χ2v) is 5.42. The number of carbonyl (C=O) groups is 1. The zero-order valence-electron chi connectivity index (χ0n) is 13.9. The summed E-state index contributed by atoms with van der Waals surface area (Å²) in [6.45, 7) is 2.36. The van der Waals surface area contributed by atoms with Crippen LogP contribution >= 0.6 is 0 Å². The molecule has 0 saturated heterocycles. The van der Waals surface area contributed by atoms with E-state index >= 15 is 0 Å². The first-order valence-electron chi connectivity index (χ1n) is 7.86. The Labute approximate surface area is 148 Å². The van der Waals surface area contributed by atoms with Gasteiger partial charge in [-0.3, -0.25) is 4.79 Å². The van der Waals surface area contributed by atoms with Crippen molar-refractivity contribution in [3.63, 3.8) is 0 Å². The first kappa shape index (κ1) is 17.5. The fourth-order valence-corrected chi connectivity index (χ4v) is 2.30. The number of amides is 1. The van der Waals surface area contributed by atoms with Gasteiger partial charge in [0.15, 0.2) is 5.82 Å². The van der Waals surface area contributed by atoms with E-state index in [1.54, 1.807) is 36.1 Å². The van der Waals surface area contributed by atoms with Gasteiger partial charge in [-0.25, -0.2) is 23.4 Å². The molecule has 0 unspecified atom stereocenters. The fourth-order valence-electron chi connectivity index (χ4n) is 2.30. The average Bonchev–Trinajstić information content (AvgIpc) is 3.13. The topological polar surface area (TPSA) is 84.7 Å². The van der Waals surface area contributed by atoms with Gasteiger partial charge < -0.3 is 10.6 Å². The number of hydrogen-bond donors (Lipinski definition) is 2. The molecule has 0 atom stereocenters. The Balaban J connectivity index is 1.56. The van der Waals surface area contributed by atoms with Crippen molar-refractivity contribution < 1.29 is 13.6 Å². The zero-order valence-corrected chi connectivity index (χ0v) is 13.9. The molecule has 1 amide bonds. The van der Waals surface area contributed by atoms with Crippen LogP contribution in [0.5, 0.6) is 0 Å². The SMILES string of the molecule is Cc1nc(NCCNC(=O)c2ccc(F)cc2F)cc(-n2cccn2)n1. The van der Waals surface area contributed by atoms with Crippen LogP contribution < -0.4 is 10.6 Å². The van der Waals surface area contributed by atoms with Crippen LogP contribution in [0.15, 0.2) is 42.7 Å². The molecule has 3 rings (SSSR count). The van der Waals surface area contributed by atoms with Crippen molar-refractivity contribution in [3.8, 4) is 5.82 Å². The second-order valence-electron chi connectivity index (χ2n) is 5.42. The second kappa shape index (κ2) is 7.68. The zero-order chi connectivity index (χ0) is 18.5. The van der Waals surface area contributed by atoms with Crippen LogP contribution in [0.25, 0.3) is 5.82 Å². The predicted octanol–water partition coefficient (Wildman–Crippen LogP) is 2.09. The number of nitrogens with zero attached hydrogens (tertiary/aromatic N) is 4. The molecule has 0 aliphatic rings. The molecule has 26 heavy (non-hydrogen) atoms. The molecule has 9 heteroatoms. The smallest absolute Gasteiger partial charge is 0.254 e. The maximum absolute atomic E-state index is 13.6. The monoisotopic (exact) mass is 358 g/mol. The lowest BCUT2D eigenvalue weighted by molar-refractivity contribution is 0.0951. The number of aromatic nitrogens is 4. The van der Waals surface area contributed by atoms with Crippen LogP contribution in [0.4, 0.5) is 14.6 Å². The molecule has 0 radical (unpaired) electrons. The Bertz CT molecular complexity index is 914. The van der Waals surface area contributed by atoms with E-state index in [4.69, 9.17) is 0 Å². The van der Waals surface area contributed by atoms with E-state index in [2.05, 4.69) is 25.7 Å². The lowest BCUT2D eigenvalue weighted by Gasteiger charge is -2.10. The van der Waals surface area contributed by atoms with E-state index in [-0.39, 0.29) is 12.1 Å². The molecule has 0 bridgehead atoms. The summed E-state index contributed by atoms with van der Waals surface area (Å²) in [7, 11) is 0. The number of hydrogen-bond acceptors (Lipinski definition) is 5. The van der Waals surface area contributed by atoms with Gasteiger partial charge in [-0.2, -0.15) is 5.10 Å². The number of halogens is 2. The molecule has 0 fully saturated rings. The summed E-state index contributed by atoms with van der Waals surface area (Å²) in [4.78, 5) is 20.5. The van der Waals surface area contributed by atoms with Crippen molar-refractivity contribution in [1.82, 2.24) is 25.1 Å². The van der Waals surface area contributed by atoms with Gasteiger partial charge in [-0.05, 0) is 25.1 Å². The molecule has 0 spiro atoms. The van der Waals surface area contributed by atoms with Crippen LogP contribution in [0.2, 0.25) is 0 Å². The van der Waals surface area contributed by atoms with E-state index in [0.717, 1.165) is 12.1 Å². The quantitative estimate of drug-likeness (QED) is 0.659. The standard InChI is InChI=1S/C17H16F2N6O/c1-11-23-15(10-16(24-11)25-8-2-5-22-25)20-6-7-21-17(26)13-4-3-12(18)9-14(13)19/h2-5,8-10H,6-7H2,1H3,(H,21,26)(H,20,23,24). The lowest BCUT2D eigenvalue weighted by atomic mass is 10.2. The Morgan fingerprint density at radius 2 is 2.04 bits per heavy atom. The number of nitrogens with one attached hydrogen (secondary N) is 2. The first-order chi connectivity index (χ1) is 12.5. The number of carbonyl (C=O) groups excluding carboxylic acids is 1. The Hall–Kier alpha value is -3.36. The van der Waals surface area contributed by atoms with E-state index in [1.807, 2.05) is 0 Å². The third-order valence-electron chi connectivity index (χ3n) is 3.46. The van der Waals surface area contributed by atoms with Crippen molar-refractivity contribution in [2.75, 3.05) is 18.4 Å². The summed E-state index contributed by atoms with van der Waals surface area (Å²) in [5.41, 5.74) is -0.203. The minimum Gasteiger partial charge on any atom is -0.368 e. The van der Waals surface area contributed by atoms with Crippen LogP contribution in [0.3, 0.4) is 0 Å². The summed E-state index contributed by atoms with van der Waals surface area (Å²) < 4.78 is 28.0. The number of anilines is 1. The van der Waals surface area contributed by atoms with Gasteiger partial charge in [0.1, 0.15) is 23.3 Å². The molecule has 2 aromatic heterocycles. The highest BCUT2D eigenvalue weighted by atomic mass is 19.1. The molecule has 1 aromatic carbocycles. The van der Waals surface area contributed by atoms with E-state index < -0.39 is 17.5 Å². The molecular formula is C17H16F2N6O. The lowest BCUT2D eigenvalue weighted by Crippen LogP contribution is -2.29. The van der Waals surface area contributed by atoms with Crippen molar-refractivity contribution in [3.05, 3.63) is 65.7 Å². The van der Waals surface area contributed by atoms with Crippen LogP contribution in [0.1, 0.15) is 16.2 Å². The minimum atomic E-state index is -0.897. The molecule has 134 valence electrons. The summed E-state index contributed by atoms with van der Waals surface area (Å²) in [5, 5.41) is 9.73. The summed E-state index contributed by atoms with van der Waals surface area (Å²) in [6.07, 6.45) is 3.41. The number of rotatable bonds is 6. The van der Waals surface area contributed by atoms with Crippen LogP contribution in [-0.2, 0) is 0 Å². The molecule has 2 heterocycles. The van der Waals surface area contributed by atoms with Gasteiger partial charge in [0.2, 0.25) is 0 Å². The Kier molecular flexibility index (Phi) is 5.16. The van der Waals surface area contributed by atoms with Gasteiger partial charge in [0.05, 0.1) is 5.56 Å². The number of aryl methyl sites for hydroxylation is 1. The molecule has 0 aliphatic carbocycles. The van der Waals surface area contributed by atoms with E-state index in [9.17, 15) is 13.6 Å². The average molecular weight is 358 g/mol. The summed E-state index contributed by atoms with van der Waals surface area (Å²) >= 11 is 0. The highest BCUT2D eigenvalue weighted by molar-refractivity contribution is 5.94. The molecule has 7 nitrogen and oxygen atoms in total. The number of benzene rings is 1.